The third-order valence-corrected chi connectivity index (χ3v) is 2.63. The van der Waals surface area contributed by atoms with Crippen LogP contribution < -0.4 is 16.2 Å². The van der Waals surface area contributed by atoms with Crippen molar-refractivity contribution in [2.45, 2.75) is 20.8 Å². The first kappa shape index (κ1) is 9.71. The van der Waals surface area contributed by atoms with Crippen LogP contribution in [-0.4, -0.2) is 7.11 Å². The van der Waals surface area contributed by atoms with Gasteiger partial charge in [0.2, 0.25) is 0 Å². The Kier molecular flexibility index (Phi) is 2.36. The Balaban J connectivity index is 3.56. The maximum atomic E-state index is 5.86. The van der Waals surface area contributed by atoms with Crippen molar-refractivity contribution < 1.29 is 4.74 Å². The van der Waals surface area contributed by atoms with E-state index in [2.05, 4.69) is 0 Å². The Morgan fingerprint density at radius 1 is 0.846 bits per heavy atom. The summed E-state index contributed by atoms with van der Waals surface area (Å²) in [6, 6.07) is 0. The number of hydrogen-bond donors (Lipinski definition) is 2. The Bertz CT molecular complexity index is 316. The summed E-state index contributed by atoms with van der Waals surface area (Å²) in [5.74, 6) is 0.598. The van der Waals surface area contributed by atoms with Gasteiger partial charge in [-0.05, 0) is 37.5 Å². The molecule has 3 heteroatoms. The molecular weight excluding hydrogens is 164 g/mol. The summed E-state index contributed by atoms with van der Waals surface area (Å²) in [6.45, 7) is 5.95. The highest BCUT2D eigenvalue weighted by Crippen LogP contribution is 2.36. The highest BCUT2D eigenvalue weighted by molar-refractivity contribution is 5.75. The van der Waals surface area contributed by atoms with Crippen molar-refractivity contribution in [1.29, 1.82) is 0 Å². The highest BCUT2D eigenvalue weighted by atomic mass is 16.5. The van der Waals surface area contributed by atoms with Gasteiger partial charge in [0.15, 0.2) is 5.75 Å². The molecule has 0 aliphatic heterocycles. The van der Waals surface area contributed by atoms with Crippen LogP contribution in [0.5, 0.6) is 5.75 Å². The minimum Gasteiger partial charge on any atom is -0.492 e. The van der Waals surface area contributed by atoms with Gasteiger partial charge >= 0.3 is 0 Å². The Morgan fingerprint density at radius 2 is 1.23 bits per heavy atom. The van der Waals surface area contributed by atoms with Gasteiger partial charge in [-0.3, -0.25) is 0 Å². The standard InChI is InChI=1S/C10H16N2O/c1-5-6(2)8(11)10(13-4)9(12)7(5)3/h11-12H2,1-4H3. The van der Waals surface area contributed by atoms with E-state index in [9.17, 15) is 0 Å². The van der Waals surface area contributed by atoms with E-state index < -0.39 is 0 Å². The normalized spacial score (nSPS) is 10.2. The van der Waals surface area contributed by atoms with Gasteiger partial charge < -0.3 is 16.2 Å². The zero-order valence-corrected chi connectivity index (χ0v) is 8.56. The minimum atomic E-state index is 0.598. The zero-order chi connectivity index (χ0) is 10.2. The largest absolute Gasteiger partial charge is 0.492 e. The second-order valence-corrected chi connectivity index (χ2v) is 3.24. The molecular formula is C10H16N2O. The number of hydrogen-bond acceptors (Lipinski definition) is 3. The molecule has 1 aromatic rings. The number of nitrogen functional groups attached to an aromatic ring is 2. The molecule has 0 radical (unpaired) electrons. The fourth-order valence-electron chi connectivity index (χ4n) is 1.39. The topological polar surface area (TPSA) is 61.3 Å². The van der Waals surface area contributed by atoms with Crippen LogP contribution in [0.2, 0.25) is 0 Å². The lowest BCUT2D eigenvalue weighted by Crippen LogP contribution is -2.04. The monoisotopic (exact) mass is 180 g/mol. The molecule has 1 aromatic carbocycles. The van der Waals surface area contributed by atoms with E-state index in [1.807, 2.05) is 20.8 Å². The predicted octanol–water partition coefficient (Wildman–Crippen LogP) is 1.78. The van der Waals surface area contributed by atoms with Crippen LogP contribution >= 0.6 is 0 Å². The SMILES string of the molecule is COc1c(N)c(C)c(C)c(C)c1N. The number of ether oxygens (including phenoxy) is 1. The van der Waals surface area contributed by atoms with Gasteiger partial charge in [0, 0.05) is 0 Å². The number of nitrogens with two attached hydrogens (primary N) is 2. The second-order valence-electron chi connectivity index (χ2n) is 3.24. The van der Waals surface area contributed by atoms with Crippen LogP contribution in [-0.2, 0) is 0 Å². The summed E-state index contributed by atoms with van der Waals surface area (Å²) in [6.07, 6.45) is 0. The molecule has 0 heterocycles. The Morgan fingerprint density at radius 3 is 1.54 bits per heavy atom. The Hall–Kier alpha value is -1.38. The predicted molar refractivity (Wildman–Crippen MR) is 56.0 cm³/mol. The molecule has 1 rings (SSSR count). The molecule has 4 N–H and O–H groups in total. The number of rotatable bonds is 1. The molecule has 0 saturated heterocycles. The van der Waals surface area contributed by atoms with Crippen molar-refractivity contribution in [2.75, 3.05) is 18.6 Å². The van der Waals surface area contributed by atoms with Crippen molar-refractivity contribution in [3.63, 3.8) is 0 Å². The van der Waals surface area contributed by atoms with E-state index in [0.29, 0.717) is 17.1 Å². The molecule has 72 valence electrons. The van der Waals surface area contributed by atoms with E-state index in [1.54, 1.807) is 7.11 Å². The van der Waals surface area contributed by atoms with Crippen molar-refractivity contribution >= 4 is 11.4 Å². The van der Waals surface area contributed by atoms with E-state index in [-0.39, 0.29) is 0 Å². The summed E-state index contributed by atoms with van der Waals surface area (Å²) in [5.41, 5.74) is 16.2. The molecule has 0 bridgehead atoms. The molecule has 0 fully saturated rings. The summed E-state index contributed by atoms with van der Waals surface area (Å²) in [5, 5.41) is 0. The van der Waals surface area contributed by atoms with Crippen LogP contribution in [0.1, 0.15) is 16.7 Å². The third-order valence-electron chi connectivity index (χ3n) is 2.63. The fraction of sp³-hybridized carbons (Fsp3) is 0.400. The van der Waals surface area contributed by atoms with E-state index in [4.69, 9.17) is 16.2 Å². The van der Waals surface area contributed by atoms with Gasteiger partial charge in [-0.15, -0.1) is 0 Å². The molecule has 0 atom stereocenters. The van der Waals surface area contributed by atoms with Gasteiger partial charge in [0.1, 0.15) is 0 Å². The minimum absolute atomic E-state index is 0.598. The quantitative estimate of drug-likeness (QED) is 0.648. The molecule has 0 unspecified atom stereocenters. The molecule has 0 aliphatic carbocycles. The second kappa shape index (κ2) is 3.17. The summed E-state index contributed by atoms with van der Waals surface area (Å²) in [4.78, 5) is 0. The first-order valence-corrected chi connectivity index (χ1v) is 4.19. The van der Waals surface area contributed by atoms with Crippen LogP contribution in [0, 0.1) is 20.8 Å². The van der Waals surface area contributed by atoms with Gasteiger partial charge in [0.05, 0.1) is 18.5 Å². The smallest absolute Gasteiger partial charge is 0.165 e. The third kappa shape index (κ3) is 1.30. The lowest BCUT2D eigenvalue weighted by atomic mass is 10.00. The van der Waals surface area contributed by atoms with Crippen molar-refractivity contribution in [1.82, 2.24) is 0 Å². The molecule has 0 spiro atoms. The summed E-state index contributed by atoms with van der Waals surface area (Å²) < 4.78 is 5.14. The van der Waals surface area contributed by atoms with Gasteiger partial charge in [-0.25, -0.2) is 0 Å². The number of benzene rings is 1. The number of methoxy groups -OCH3 is 1. The number of anilines is 2. The summed E-state index contributed by atoms with van der Waals surface area (Å²) >= 11 is 0. The fourth-order valence-corrected chi connectivity index (χ4v) is 1.39. The molecule has 0 amide bonds. The highest BCUT2D eigenvalue weighted by Gasteiger charge is 2.13. The maximum absolute atomic E-state index is 5.86. The van der Waals surface area contributed by atoms with Crippen molar-refractivity contribution in [2.24, 2.45) is 0 Å². The van der Waals surface area contributed by atoms with Crippen LogP contribution in [0.25, 0.3) is 0 Å². The molecule has 3 nitrogen and oxygen atoms in total. The first-order chi connectivity index (χ1) is 6.00. The maximum Gasteiger partial charge on any atom is 0.165 e. The average Bonchev–Trinajstić information content (AvgIpc) is 2.13. The first-order valence-electron chi connectivity index (χ1n) is 4.19. The summed E-state index contributed by atoms with van der Waals surface area (Å²) in [7, 11) is 1.58. The van der Waals surface area contributed by atoms with Crippen LogP contribution in [0.15, 0.2) is 0 Å². The zero-order valence-electron chi connectivity index (χ0n) is 8.56. The van der Waals surface area contributed by atoms with Gasteiger partial charge in [-0.1, -0.05) is 0 Å². The van der Waals surface area contributed by atoms with Crippen LogP contribution in [0.3, 0.4) is 0 Å². The average molecular weight is 180 g/mol. The van der Waals surface area contributed by atoms with Crippen molar-refractivity contribution in [3.8, 4) is 5.75 Å². The molecule has 0 aliphatic rings. The Labute approximate surface area is 78.7 Å². The molecule has 13 heavy (non-hydrogen) atoms. The lowest BCUT2D eigenvalue weighted by Gasteiger charge is -2.16. The van der Waals surface area contributed by atoms with Crippen molar-refractivity contribution in [3.05, 3.63) is 16.7 Å². The van der Waals surface area contributed by atoms with Crippen LogP contribution in [0.4, 0.5) is 11.4 Å². The van der Waals surface area contributed by atoms with E-state index in [1.165, 1.54) is 0 Å². The lowest BCUT2D eigenvalue weighted by molar-refractivity contribution is 0.418. The van der Waals surface area contributed by atoms with Gasteiger partial charge in [-0.2, -0.15) is 0 Å². The molecule has 0 saturated carbocycles. The van der Waals surface area contributed by atoms with E-state index in [0.717, 1.165) is 16.7 Å². The van der Waals surface area contributed by atoms with E-state index >= 15 is 0 Å². The molecule has 0 aromatic heterocycles. The van der Waals surface area contributed by atoms with Gasteiger partial charge in [0.25, 0.3) is 0 Å².